The van der Waals surface area contributed by atoms with Gasteiger partial charge in [-0.25, -0.2) is 4.79 Å². The minimum atomic E-state index is -0.977. The molecule has 2 N–H and O–H groups in total. The van der Waals surface area contributed by atoms with E-state index in [0.717, 1.165) is 12.0 Å². The Morgan fingerprint density at radius 3 is 2.48 bits per heavy atom. The summed E-state index contributed by atoms with van der Waals surface area (Å²) < 4.78 is 0. The van der Waals surface area contributed by atoms with Crippen LogP contribution in [0.5, 0.6) is 0 Å². The number of hydrogen-bond acceptors (Lipinski definition) is 3. The highest BCUT2D eigenvalue weighted by atomic mass is 16.4. The van der Waals surface area contributed by atoms with Crippen LogP contribution in [0, 0.1) is 5.92 Å². The van der Waals surface area contributed by atoms with Gasteiger partial charge in [-0.15, -0.1) is 0 Å². The van der Waals surface area contributed by atoms with E-state index in [1.807, 2.05) is 13.8 Å². The number of carboxylic acids is 1. The van der Waals surface area contributed by atoms with Gasteiger partial charge in [0.05, 0.1) is 5.56 Å². The summed E-state index contributed by atoms with van der Waals surface area (Å²) in [5.41, 5.74) is 1.03. The van der Waals surface area contributed by atoms with Gasteiger partial charge in [0.2, 0.25) is 11.8 Å². The van der Waals surface area contributed by atoms with Crippen molar-refractivity contribution in [2.75, 3.05) is 6.54 Å². The number of nitrogens with zero attached hydrogens (tertiary/aromatic N) is 1. The summed E-state index contributed by atoms with van der Waals surface area (Å²) in [5, 5.41) is 11.7. The lowest BCUT2D eigenvalue weighted by Gasteiger charge is -2.25. The van der Waals surface area contributed by atoms with Crippen LogP contribution in [-0.2, 0) is 16.1 Å². The van der Waals surface area contributed by atoms with Gasteiger partial charge in [0.1, 0.15) is 6.04 Å². The standard InChI is InChI=1S/C17H22N2O4/c1-11(2)16(21)19-9-3-4-14(19)15(20)18-10-12-5-7-13(8-6-12)17(22)23/h5-8,11,14H,3-4,9-10H2,1-2H3,(H,18,20)(H,22,23)/t14-/m0/s1. The van der Waals surface area contributed by atoms with Crippen molar-refractivity contribution < 1.29 is 19.5 Å². The molecule has 0 unspecified atom stereocenters. The van der Waals surface area contributed by atoms with Gasteiger partial charge in [-0.3, -0.25) is 9.59 Å². The van der Waals surface area contributed by atoms with Crippen LogP contribution in [0.1, 0.15) is 42.6 Å². The molecule has 0 bridgehead atoms. The molecule has 0 spiro atoms. The first-order chi connectivity index (χ1) is 10.9. The molecule has 23 heavy (non-hydrogen) atoms. The summed E-state index contributed by atoms with van der Waals surface area (Å²) in [6.45, 7) is 4.61. The highest BCUT2D eigenvalue weighted by Gasteiger charge is 2.34. The van der Waals surface area contributed by atoms with E-state index >= 15 is 0 Å². The fraction of sp³-hybridized carbons (Fsp3) is 0.471. The molecule has 124 valence electrons. The SMILES string of the molecule is CC(C)C(=O)N1CCC[C@H]1C(=O)NCc1ccc(C(=O)O)cc1. The zero-order valence-electron chi connectivity index (χ0n) is 13.4. The molecule has 1 aromatic carbocycles. The quantitative estimate of drug-likeness (QED) is 0.864. The van der Waals surface area contributed by atoms with Crippen molar-refractivity contribution in [2.45, 2.75) is 39.3 Å². The van der Waals surface area contributed by atoms with Crippen LogP contribution in [0.2, 0.25) is 0 Å². The average Bonchev–Trinajstić information content (AvgIpc) is 3.01. The summed E-state index contributed by atoms with van der Waals surface area (Å²) >= 11 is 0. The second-order valence-corrected chi connectivity index (χ2v) is 6.06. The first kappa shape index (κ1) is 17.0. The minimum absolute atomic E-state index is 0.00783. The zero-order chi connectivity index (χ0) is 17.0. The second-order valence-electron chi connectivity index (χ2n) is 6.06. The number of likely N-dealkylation sites (tertiary alicyclic amines) is 1. The molecule has 1 saturated heterocycles. The van der Waals surface area contributed by atoms with Crippen LogP contribution < -0.4 is 5.32 Å². The smallest absolute Gasteiger partial charge is 0.335 e. The summed E-state index contributed by atoms with van der Waals surface area (Å²) in [7, 11) is 0. The third-order valence-electron chi connectivity index (χ3n) is 4.00. The van der Waals surface area contributed by atoms with E-state index in [1.165, 1.54) is 12.1 Å². The molecule has 6 heteroatoms. The van der Waals surface area contributed by atoms with Crippen LogP contribution in [-0.4, -0.2) is 40.4 Å². The van der Waals surface area contributed by atoms with Crippen molar-refractivity contribution in [3.05, 3.63) is 35.4 Å². The Kier molecular flexibility index (Phi) is 5.36. The maximum Gasteiger partial charge on any atom is 0.335 e. The van der Waals surface area contributed by atoms with Gasteiger partial charge in [0.15, 0.2) is 0 Å². The van der Waals surface area contributed by atoms with Gasteiger partial charge in [0, 0.05) is 19.0 Å². The fourth-order valence-corrected chi connectivity index (χ4v) is 2.71. The second kappa shape index (κ2) is 7.26. The zero-order valence-corrected chi connectivity index (χ0v) is 13.4. The van der Waals surface area contributed by atoms with Crippen LogP contribution >= 0.6 is 0 Å². The molecule has 1 aliphatic rings. The first-order valence-electron chi connectivity index (χ1n) is 7.80. The van der Waals surface area contributed by atoms with Crippen molar-refractivity contribution in [2.24, 2.45) is 5.92 Å². The highest BCUT2D eigenvalue weighted by Crippen LogP contribution is 2.20. The molecule has 1 fully saturated rings. The summed E-state index contributed by atoms with van der Waals surface area (Å²) in [5.74, 6) is -1.24. The van der Waals surface area contributed by atoms with Crippen molar-refractivity contribution in [1.29, 1.82) is 0 Å². The van der Waals surface area contributed by atoms with Gasteiger partial charge < -0.3 is 15.3 Å². The summed E-state index contributed by atoms with van der Waals surface area (Å²) in [4.78, 5) is 36.9. The predicted molar refractivity (Wildman–Crippen MR) is 84.8 cm³/mol. The normalized spacial score (nSPS) is 17.3. The van der Waals surface area contributed by atoms with Gasteiger partial charge in [0.25, 0.3) is 0 Å². The molecule has 1 aliphatic heterocycles. The third kappa shape index (κ3) is 4.09. The summed E-state index contributed by atoms with van der Waals surface area (Å²) in [6.07, 6.45) is 1.52. The average molecular weight is 318 g/mol. The Balaban J connectivity index is 1.93. The number of rotatable bonds is 5. The van der Waals surface area contributed by atoms with Gasteiger partial charge >= 0.3 is 5.97 Å². The van der Waals surface area contributed by atoms with Gasteiger partial charge in [-0.1, -0.05) is 26.0 Å². The lowest BCUT2D eigenvalue weighted by Crippen LogP contribution is -2.47. The van der Waals surface area contributed by atoms with Crippen LogP contribution in [0.15, 0.2) is 24.3 Å². The minimum Gasteiger partial charge on any atom is -0.478 e. The van der Waals surface area contributed by atoms with Crippen molar-refractivity contribution in [3.8, 4) is 0 Å². The number of carbonyl (C=O) groups is 3. The number of carbonyl (C=O) groups excluding carboxylic acids is 2. The Morgan fingerprint density at radius 1 is 1.26 bits per heavy atom. The number of amides is 2. The molecule has 1 heterocycles. The van der Waals surface area contributed by atoms with E-state index < -0.39 is 12.0 Å². The van der Waals surface area contributed by atoms with E-state index in [0.29, 0.717) is 19.5 Å². The predicted octanol–water partition coefficient (Wildman–Crippen LogP) is 1.65. The Bertz CT molecular complexity index is 595. The monoisotopic (exact) mass is 318 g/mol. The van der Waals surface area contributed by atoms with E-state index in [1.54, 1.807) is 17.0 Å². The molecular weight excluding hydrogens is 296 g/mol. The van der Waals surface area contributed by atoms with E-state index in [4.69, 9.17) is 5.11 Å². The molecule has 0 aromatic heterocycles. The van der Waals surface area contributed by atoms with Crippen LogP contribution in [0.4, 0.5) is 0 Å². The number of hydrogen-bond donors (Lipinski definition) is 2. The molecular formula is C17H22N2O4. The van der Waals surface area contributed by atoms with E-state index in [9.17, 15) is 14.4 Å². The molecule has 2 rings (SSSR count). The molecule has 0 saturated carbocycles. The van der Waals surface area contributed by atoms with Crippen molar-refractivity contribution in [3.63, 3.8) is 0 Å². The summed E-state index contributed by atoms with van der Waals surface area (Å²) in [6, 6.07) is 5.97. The third-order valence-corrected chi connectivity index (χ3v) is 4.00. The number of benzene rings is 1. The maximum absolute atomic E-state index is 12.3. The topological polar surface area (TPSA) is 86.7 Å². The fourth-order valence-electron chi connectivity index (χ4n) is 2.71. The van der Waals surface area contributed by atoms with E-state index in [2.05, 4.69) is 5.32 Å². The van der Waals surface area contributed by atoms with Crippen LogP contribution in [0.25, 0.3) is 0 Å². The Morgan fingerprint density at radius 2 is 1.91 bits per heavy atom. The Labute approximate surface area is 135 Å². The largest absolute Gasteiger partial charge is 0.478 e. The molecule has 0 radical (unpaired) electrons. The molecule has 2 amide bonds. The molecule has 1 atom stereocenters. The maximum atomic E-state index is 12.3. The van der Waals surface area contributed by atoms with Crippen molar-refractivity contribution >= 4 is 17.8 Å². The number of nitrogens with one attached hydrogen (secondary N) is 1. The van der Waals surface area contributed by atoms with Crippen LogP contribution in [0.3, 0.4) is 0 Å². The lowest BCUT2D eigenvalue weighted by molar-refractivity contribution is -0.140. The lowest BCUT2D eigenvalue weighted by atomic mass is 10.1. The Hall–Kier alpha value is -2.37. The number of carboxylic acid groups (broad SMARTS) is 1. The molecule has 0 aliphatic carbocycles. The van der Waals surface area contributed by atoms with E-state index in [-0.39, 0.29) is 23.3 Å². The number of aromatic carboxylic acids is 1. The first-order valence-corrected chi connectivity index (χ1v) is 7.80. The van der Waals surface area contributed by atoms with Gasteiger partial charge in [-0.05, 0) is 30.5 Å². The highest BCUT2D eigenvalue weighted by molar-refractivity contribution is 5.89. The van der Waals surface area contributed by atoms with Gasteiger partial charge in [-0.2, -0.15) is 0 Å². The molecule has 1 aromatic rings. The molecule has 6 nitrogen and oxygen atoms in total. The van der Waals surface area contributed by atoms with Crippen molar-refractivity contribution in [1.82, 2.24) is 10.2 Å².